The summed E-state index contributed by atoms with van der Waals surface area (Å²) in [6.45, 7) is 0. The molecule has 1 aromatic carbocycles. The van der Waals surface area contributed by atoms with Crippen molar-refractivity contribution in [1.82, 2.24) is 9.97 Å². The Morgan fingerprint density at radius 1 is 1.10 bits per heavy atom. The topological polar surface area (TPSA) is 73.1 Å². The van der Waals surface area contributed by atoms with E-state index in [2.05, 4.69) is 10.4 Å². The predicted octanol–water partition coefficient (Wildman–Crippen LogP) is 2.71. The Labute approximate surface area is 124 Å². The molecule has 110 valence electrons. The first-order chi connectivity index (χ1) is 10.3. The van der Waals surface area contributed by atoms with Crippen molar-refractivity contribution < 1.29 is 4.74 Å². The average molecular weight is 284 g/mol. The molecule has 1 aromatic heterocycles. The lowest BCUT2D eigenvalue weighted by Gasteiger charge is -2.14. The number of hydrogen-bond donors (Lipinski definition) is 2. The Morgan fingerprint density at radius 2 is 1.90 bits per heavy atom. The van der Waals surface area contributed by atoms with E-state index in [9.17, 15) is 0 Å². The fraction of sp³-hybridized carbons (Fsp3) is 0.375. The Kier molecular flexibility index (Phi) is 4.01. The minimum absolute atomic E-state index is 0.668. The van der Waals surface area contributed by atoms with E-state index in [1.807, 2.05) is 24.3 Å². The van der Waals surface area contributed by atoms with Crippen molar-refractivity contribution in [2.45, 2.75) is 32.1 Å². The quantitative estimate of drug-likeness (QED) is 0.515. The molecular formula is C16H20N4O. The standard InChI is InChI=1S/C16H20N4O/c1-21-14-10-6-5-8-12(14)15-18-13-9-4-2-3-7-11(13)16(19-15)20-17/h5-6,8,10H,2-4,7,9,17H2,1H3,(H,18,19,20). The highest BCUT2D eigenvalue weighted by atomic mass is 16.5. The van der Waals surface area contributed by atoms with Crippen molar-refractivity contribution in [1.29, 1.82) is 0 Å². The zero-order valence-corrected chi connectivity index (χ0v) is 12.2. The van der Waals surface area contributed by atoms with E-state index in [-0.39, 0.29) is 0 Å². The first-order valence-corrected chi connectivity index (χ1v) is 7.33. The van der Waals surface area contributed by atoms with E-state index in [1.165, 1.54) is 19.3 Å². The van der Waals surface area contributed by atoms with E-state index >= 15 is 0 Å². The van der Waals surface area contributed by atoms with E-state index in [0.29, 0.717) is 5.82 Å². The van der Waals surface area contributed by atoms with Gasteiger partial charge in [-0.2, -0.15) is 0 Å². The smallest absolute Gasteiger partial charge is 0.165 e. The van der Waals surface area contributed by atoms with Crippen molar-refractivity contribution in [3.63, 3.8) is 0 Å². The summed E-state index contributed by atoms with van der Waals surface area (Å²) in [5.74, 6) is 7.85. The molecule has 0 unspecified atom stereocenters. The van der Waals surface area contributed by atoms with Gasteiger partial charge in [0.1, 0.15) is 11.6 Å². The number of hydrogen-bond acceptors (Lipinski definition) is 5. The molecule has 3 rings (SSSR count). The van der Waals surface area contributed by atoms with Gasteiger partial charge in [-0.1, -0.05) is 18.6 Å². The third kappa shape index (κ3) is 2.69. The Morgan fingerprint density at radius 3 is 2.71 bits per heavy atom. The molecule has 5 heteroatoms. The van der Waals surface area contributed by atoms with Crippen LogP contribution in [-0.4, -0.2) is 17.1 Å². The summed E-state index contributed by atoms with van der Waals surface area (Å²) in [6.07, 6.45) is 5.53. The number of methoxy groups -OCH3 is 1. The molecular weight excluding hydrogens is 264 g/mol. The molecule has 1 aliphatic rings. The summed E-state index contributed by atoms with van der Waals surface area (Å²) in [7, 11) is 1.66. The van der Waals surface area contributed by atoms with Gasteiger partial charge in [0.05, 0.1) is 12.7 Å². The average Bonchev–Trinajstić information content (AvgIpc) is 2.79. The third-order valence-corrected chi connectivity index (χ3v) is 3.92. The summed E-state index contributed by atoms with van der Waals surface area (Å²) < 4.78 is 5.41. The van der Waals surface area contributed by atoms with Crippen LogP contribution in [0.25, 0.3) is 11.4 Å². The zero-order valence-electron chi connectivity index (χ0n) is 12.2. The highest BCUT2D eigenvalue weighted by Gasteiger charge is 2.18. The van der Waals surface area contributed by atoms with Crippen LogP contribution in [0, 0.1) is 0 Å². The van der Waals surface area contributed by atoms with Crippen molar-refractivity contribution in [2.75, 3.05) is 12.5 Å². The van der Waals surface area contributed by atoms with Crippen LogP contribution in [0.5, 0.6) is 5.75 Å². The largest absolute Gasteiger partial charge is 0.496 e. The molecule has 0 bridgehead atoms. The first kappa shape index (κ1) is 13.8. The molecule has 0 radical (unpaired) electrons. The summed E-state index contributed by atoms with van der Waals surface area (Å²) in [5.41, 5.74) is 5.90. The van der Waals surface area contributed by atoms with Crippen LogP contribution >= 0.6 is 0 Å². The SMILES string of the molecule is COc1ccccc1-c1nc2c(c(NN)n1)CCCCC2. The van der Waals surface area contributed by atoms with E-state index < -0.39 is 0 Å². The second-order valence-corrected chi connectivity index (χ2v) is 5.23. The fourth-order valence-corrected chi connectivity index (χ4v) is 2.84. The van der Waals surface area contributed by atoms with Crippen LogP contribution in [0.15, 0.2) is 24.3 Å². The van der Waals surface area contributed by atoms with Crippen LogP contribution in [0.4, 0.5) is 5.82 Å². The van der Waals surface area contributed by atoms with Gasteiger partial charge in [-0.15, -0.1) is 0 Å². The lowest BCUT2D eigenvalue weighted by molar-refractivity contribution is 0.416. The van der Waals surface area contributed by atoms with Crippen molar-refractivity contribution in [3.8, 4) is 17.1 Å². The highest BCUT2D eigenvalue weighted by molar-refractivity contribution is 5.66. The number of nitrogen functional groups attached to an aromatic ring is 1. The Balaban J connectivity index is 2.13. The van der Waals surface area contributed by atoms with E-state index in [4.69, 9.17) is 15.6 Å². The minimum Gasteiger partial charge on any atom is -0.496 e. The molecule has 0 saturated heterocycles. The molecule has 0 amide bonds. The summed E-state index contributed by atoms with van der Waals surface area (Å²) in [6, 6.07) is 7.79. The van der Waals surface area contributed by atoms with Gasteiger partial charge in [-0.05, 0) is 37.8 Å². The number of nitrogens with one attached hydrogen (secondary N) is 1. The highest BCUT2D eigenvalue weighted by Crippen LogP contribution is 2.31. The van der Waals surface area contributed by atoms with Gasteiger partial charge >= 0.3 is 0 Å². The van der Waals surface area contributed by atoms with Crippen LogP contribution < -0.4 is 16.0 Å². The van der Waals surface area contributed by atoms with Gasteiger partial charge in [-0.25, -0.2) is 15.8 Å². The zero-order chi connectivity index (χ0) is 14.7. The predicted molar refractivity (Wildman–Crippen MR) is 83.1 cm³/mol. The maximum Gasteiger partial charge on any atom is 0.165 e. The first-order valence-electron chi connectivity index (χ1n) is 7.33. The number of nitrogens with two attached hydrogens (primary N) is 1. The van der Waals surface area contributed by atoms with Crippen LogP contribution in [0.1, 0.15) is 30.5 Å². The number of fused-ring (bicyclic) bond motifs is 1. The van der Waals surface area contributed by atoms with Gasteiger partial charge in [0.15, 0.2) is 5.82 Å². The van der Waals surface area contributed by atoms with Gasteiger partial charge < -0.3 is 10.2 Å². The molecule has 2 aromatic rings. The maximum absolute atomic E-state index is 5.67. The number of aromatic nitrogens is 2. The van der Waals surface area contributed by atoms with Crippen LogP contribution in [0.3, 0.4) is 0 Å². The number of rotatable bonds is 3. The second-order valence-electron chi connectivity index (χ2n) is 5.23. The summed E-state index contributed by atoms with van der Waals surface area (Å²) in [4.78, 5) is 9.37. The fourth-order valence-electron chi connectivity index (χ4n) is 2.84. The molecule has 21 heavy (non-hydrogen) atoms. The second kappa shape index (κ2) is 6.10. The molecule has 1 aliphatic carbocycles. The molecule has 3 N–H and O–H groups in total. The number of nitrogens with zero attached hydrogens (tertiary/aromatic N) is 2. The number of para-hydroxylation sites is 1. The van der Waals surface area contributed by atoms with Crippen molar-refractivity contribution in [3.05, 3.63) is 35.5 Å². The number of aryl methyl sites for hydroxylation is 1. The summed E-state index contributed by atoms with van der Waals surface area (Å²) >= 11 is 0. The molecule has 1 heterocycles. The normalized spacial score (nSPS) is 14.2. The molecule has 0 fully saturated rings. The Hall–Kier alpha value is -2.14. The van der Waals surface area contributed by atoms with Crippen molar-refractivity contribution >= 4 is 5.82 Å². The lowest BCUT2D eigenvalue weighted by atomic mass is 10.1. The van der Waals surface area contributed by atoms with E-state index in [1.54, 1.807) is 7.11 Å². The number of benzene rings is 1. The van der Waals surface area contributed by atoms with Gasteiger partial charge in [-0.3, -0.25) is 0 Å². The minimum atomic E-state index is 0.668. The van der Waals surface area contributed by atoms with E-state index in [0.717, 1.165) is 41.2 Å². The monoisotopic (exact) mass is 284 g/mol. The molecule has 0 spiro atoms. The van der Waals surface area contributed by atoms with Crippen LogP contribution in [0.2, 0.25) is 0 Å². The number of anilines is 1. The van der Waals surface area contributed by atoms with Crippen LogP contribution in [-0.2, 0) is 12.8 Å². The number of hydrazine groups is 1. The molecule has 0 aliphatic heterocycles. The lowest BCUT2D eigenvalue weighted by Crippen LogP contribution is -2.14. The van der Waals surface area contributed by atoms with Gasteiger partial charge in [0.25, 0.3) is 0 Å². The summed E-state index contributed by atoms with van der Waals surface area (Å²) in [5, 5.41) is 0. The molecule has 5 nitrogen and oxygen atoms in total. The van der Waals surface area contributed by atoms with Crippen molar-refractivity contribution in [2.24, 2.45) is 5.84 Å². The van der Waals surface area contributed by atoms with Gasteiger partial charge in [0.2, 0.25) is 0 Å². The number of ether oxygens (including phenoxy) is 1. The molecule has 0 saturated carbocycles. The third-order valence-electron chi connectivity index (χ3n) is 3.92. The Bertz CT molecular complexity index is 642. The maximum atomic E-state index is 5.67. The molecule has 0 atom stereocenters. The van der Waals surface area contributed by atoms with Gasteiger partial charge in [0, 0.05) is 11.3 Å².